The smallest absolute Gasteiger partial charge is 0.267 e. The van der Waals surface area contributed by atoms with Gasteiger partial charge in [0.25, 0.3) is 10.1 Å². The predicted octanol–water partition coefficient (Wildman–Crippen LogP) is 2.05. The quantitative estimate of drug-likeness (QED) is 0.833. The van der Waals surface area contributed by atoms with E-state index in [1.807, 2.05) is 12.1 Å². The second kappa shape index (κ2) is 5.93. The molecule has 1 unspecified atom stereocenters. The summed E-state index contributed by atoms with van der Waals surface area (Å²) in [5.74, 6) is -0.889. The summed E-state index contributed by atoms with van der Waals surface area (Å²) in [6.45, 7) is 7.53. The van der Waals surface area contributed by atoms with Crippen molar-refractivity contribution in [2.75, 3.05) is 5.75 Å². The number of rotatable bonds is 4. The van der Waals surface area contributed by atoms with Gasteiger partial charge < -0.3 is 5.32 Å². The zero-order valence-electron chi connectivity index (χ0n) is 12.2. The van der Waals surface area contributed by atoms with Crippen LogP contribution in [0.3, 0.4) is 0 Å². The number of nitrogens with one attached hydrogen (secondary N) is 1. The minimum absolute atomic E-state index is 0.00884. The van der Waals surface area contributed by atoms with Crippen molar-refractivity contribution < 1.29 is 17.8 Å². The molecule has 5 nitrogen and oxygen atoms in total. The van der Waals surface area contributed by atoms with Gasteiger partial charge in [0.2, 0.25) is 5.91 Å². The van der Waals surface area contributed by atoms with E-state index < -0.39 is 21.9 Å². The van der Waals surface area contributed by atoms with Gasteiger partial charge in [-0.1, -0.05) is 45.0 Å². The summed E-state index contributed by atoms with van der Waals surface area (Å²) in [5.41, 5.74) is 1.74. The van der Waals surface area contributed by atoms with Crippen molar-refractivity contribution in [1.82, 2.24) is 5.32 Å². The second-order valence-electron chi connectivity index (χ2n) is 5.87. The third-order valence-electron chi connectivity index (χ3n) is 2.93. The topological polar surface area (TPSA) is 83.5 Å². The Hall–Kier alpha value is -1.40. The lowest BCUT2D eigenvalue weighted by Crippen LogP contribution is -2.31. The number of amides is 1. The third kappa shape index (κ3) is 5.30. The van der Waals surface area contributed by atoms with Crippen molar-refractivity contribution in [2.24, 2.45) is 0 Å². The monoisotopic (exact) mass is 299 g/mol. The van der Waals surface area contributed by atoms with Crippen molar-refractivity contribution in [2.45, 2.75) is 39.2 Å². The van der Waals surface area contributed by atoms with Gasteiger partial charge >= 0.3 is 0 Å². The zero-order chi connectivity index (χ0) is 15.6. The molecular weight excluding hydrogens is 278 g/mol. The van der Waals surface area contributed by atoms with Gasteiger partial charge in [0, 0.05) is 6.92 Å². The number of hydrogen-bond donors (Lipinski definition) is 2. The van der Waals surface area contributed by atoms with Crippen LogP contribution in [0.2, 0.25) is 0 Å². The molecule has 0 fully saturated rings. The molecule has 2 N–H and O–H groups in total. The van der Waals surface area contributed by atoms with Gasteiger partial charge in [0.1, 0.15) is 0 Å². The summed E-state index contributed by atoms with van der Waals surface area (Å²) < 4.78 is 31.0. The molecule has 1 aromatic carbocycles. The summed E-state index contributed by atoms with van der Waals surface area (Å²) in [7, 11) is -4.17. The Morgan fingerprint density at radius 3 is 2.10 bits per heavy atom. The molecule has 0 saturated carbocycles. The van der Waals surface area contributed by atoms with Crippen LogP contribution in [0.1, 0.15) is 44.9 Å². The average molecular weight is 299 g/mol. The molecule has 112 valence electrons. The SMILES string of the molecule is CC(=O)NC(CS(=O)(=O)O)c1ccc(C(C)(C)C)cc1. The molecule has 1 amide bonds. The molecule has 1 aromatic rings. The molecule has 1 rings (SSSR count). The summed E-state index contributed by atoms with van der Waals surface area (Å²) >= 11 is 0. The van der Waals surface area contributed by atoms with Gasteiger partial charge in [0.05, 0.1) is 11.8 Å². The molecule has 0 aliphatic rings. The highest BCUT2D eigenvalue weighted by Gasteiger charge is 2.21. The first kappa shape index (κ1) is 16.7. The lowest BCUT2D eigenvalue weighted by atomic mass is 9.86. The van der Waals surface area contributed by atoms with Gasteiger partial charge in [-0.3, -0.25) is 9.35 Å². The van der Waals surface area contributed by atoms with E-state index in [9.17, 15) is 13.2 Å². The van der Waals surface area contributed by atoms with Crippen LogP contribution in [-0.2, 0) is 20.3 Å². The highest BCUT2D eigenvalue weighted by Crippen LogP contribution is 2.24. The van der Waals surface area contributed by atoms with Crippen LogP contribution in [0.4, 0.5) is 0 Å². The molecule has 0 aliphatic heterocycles. The van der Waals surface area contributed by atoms with Crippen molar-refractivity contribution in [3.63, 3.8) is 0 Å². The van der Waals surface area contributed by atoms with Crippen LogP contribution in [0.25, 0.3) is 0 Å². The van der Waals surface area contributed by atoms with Crippen LogP contribution in [-0.4, -0.2) is 24.6 Å². The van der Waals surface area contributed by atoms with E-state index in [-0.39, 0.29) is 11.3 Å². The van der Waals surface area contributed by atoms with E-state index in [1.54, 1.807) is 12.1 Å². The molecule has 0 spiro atoms. The summed E-state index contributed by atoms with van der Waals surface area (Å²) in [4.78, 5) is 11.2. The third-order valence-corrected chi connectivity index (χ3v) is 3.69. The highest BCUT2D eigenvalue weighted by molar-refractivity contribution is 7.85. The van der Waals surface area contributed by atoms with Crippen molar-refractivity contribution in [1.29, 1.82) is 0 Å². The molecule has 0 bridgehead atoms. The number of carbonyl (C=O) groups excluding carboxylic acids is 1. The van der Waals surface area contributed by atoms with Gasteiger partial charge in [-0.15, -0.1) is 0 Å². The number of hydrogen-bond acceptors (Lipinski definition) is 3. The first-order chi connectivity index (χ1) is 8.99. The number of benzene rings is 1. The standard InChI is InChI=1S/C14H21NO4S/c1-10(16)15-13(9-20(17,18)19)11-5-7-12(8-6-11)14(2,3)4/h5-8,13H,9H2,1-4H3,(H,15,16)(H,17,18,19). The maximum Gasteiger partial charge on any atom is 0.267 e. The Bertz CT molecular complexity index is 570. The normalized spacial score (nSPS) is 13.8. The van der Waals surface area contributed by atoms with Crippen molar-refractivity contribution in [3.05, 3.63) is 35.4 Å². The average Bonchev–Trinajstić information content (AvgIpc) is 2.24. The Labute approximate surface area is 120 Å². The first-order valence-corrected chi connectivity index (χ1v) is 7.92. The Kier molecular flexibility index (Phi) is 4.94. The van der Waals surface area contributed by atoms with Gasteiger partial charge in [0.15, 0.2) is 0 Å². The number of carbonyl (C=O) groups is 1. The maximum absolute atomic E-state index is 11.2. The molecule has 0 saturated heterocycles. The summed E-state index contributed by atoms with van der Waals surface area (Å²) in [5, 5.41) is 2.53. The van der Waals surface area contributed by atoms with E-state index >= 15 is 0 Å². The van der Waals surface area contributed by atoms with Crippen LogP contribution in [0.15, 0.2) is 24.3 Å². The molecule has 0 heterocycles. The molecule has 1 atom stereocenters. The lowest BCUT2D eigenvalue weighted by Gasteiger charge is -2.21. The van der Waals surface area contributed by atoms with Crippen LogP contribution in [0, 0.1) is 0 Å². The zero-order valence-corrected chi connectivity index (χ0v) is 13.0. The van der Waals surface area contributed by atoms with E-state index in [2.05, 4.69) is 26.1 Å². The predicted molar refractivity (Wildman–Crippen MR) is 78.1 cm³/mol. The molecule has 6 heteroatoms. The maximum atomic E-state index is 11.2. The fourth-order valence-corrected chi connectivity index (χ4v) is 2.59. The van der Waals surface area contributed by atoms with Crippen LogP contribution >= 0.6 is 0 Å². The molecular formula is C14H21NO4S. The fourth-order valence-electron chi connectivity index (χ4n) is 1.89. The van der Waals surface area contributed by atoms with Gasteiger partial charge in [-0.2, -0.15) is 8.42 Å². The van der Waals surface area contributed by atoms with Crippen molar-refractivity contribution >= 4 is 16.0 Å². The minimum atomic E-state index is -4.17. The Morgan fingerprint density at radius 1 is 1.25 bits per heavy atom. The fraction of sp³-hybridized carbons (Fsp3) is 0.500. The van der Waals surface area contributed by atoms with E-state index in [0.717, 1.165) is 5.56 Å². The Morgan fingerprint density at radius 2 is 1.75 bits per heavy atom. The van der Waals surface area contributed by atoms with Crippen LogP contribution < -0.4 is 5.32 Å². The molecule has 0 aromatic heterocycles. The Balaban J connectivity index is 3.05. The lowest BCUT2D eigenvalue weighted by molar-refractivity contribution is -0.119. The summed E-state index contributed by atoms with van der Waals surface area (Å²) in [6.07, 6.45) is 0. The minimum Gasteiger partial charge on any atom is -0.348 e. The van der Waals surface area contributed by atoms with E-state index in [1.165, 1.54) is 6.92 Å². The van der Waals surface area contributed by atoms with Gasteiger partial charge in [-0.05, 0) is 16.5 Å². The molecule has 20 heavy (non-hydrogen) atoms. The van der Waals surface area contributed by atoms with Gasteiger partial charge in [-0.25, -0.2) is 0 Å². The summed E-state index contributed by atoms with van der Waals surface area (Å²) in [6, 6.07) is 6.58. The van der Waals surface area contributed by atoms with E-state index in [4.69, 9.17) is 4.55 Å². The molecule has 0 radical (unpaired) electrons. The van der Waals surface area contributed by atoms with Crippen LogP contribution in [0.5, 0.6) is 0 Å². The van der Waals surface area contributed by atoms with E-state index in [0.29, 0.717) is 5.56 Å². The highest BCUT2D eigenvalue weighted by atomic mass is 32.2. The second-order valence-corrected chi connectivity index (χ2v) is 7.37. The largest absolute Gasteiger partial charge is 0.348 e. The van der Waals surface area contributed by atoms with Crippen molar-refractivity contribution in [3.8, 4) is 0 Å². The molecule has 0 aliphatic carbocycles. The first-order valence-electron chi connectivity index (χ1n) is 6.32.